The lowest BCUT2D eigenvalue weighted by atomic mass is 10.2. The first kappa shape index (κ1) is 13.4. The van der Waals surface area contributed by atoms with Crippen molar-refractivity contribution in [2.45, 2.75) is 13.8 Å². The molecule has 0 amide bonds. The Kier molecular flexibility index (Phi) is 3.68. The molecule has 2 rings (SSSR count). The van der Waals surface area contributed by atoms with Crippen molar-refractivity contribution in [2.75, 3.05) is 0 Å². The maximum atomic E-state index is 11.1. The topological polar surface area (TPSA) is 42.2 Å². The fraction of sp³-hybridized carbons (Fsp3) is 0.154. The molecule has 1 aromatic heterocycles. The first-order valence-electron chi connectivity index (χ1n) is 5.29. The van der Waals surface area contributed by atoms with Gasteiger partial charge in [-0.25, -0.2) is 4.79 Å². The Balaban J connectivity index is 2.68. The molecule has 0 radical (unpaired) electrons. The fourth-order valence-electron chi connectivity index (χ4n) is 2.01. The van der Waals surface area contributed by atoms with Gasteiger partial charge in [-0.3, -0.25) is 0 Å². The lowest BCUT2D eigenvalue weighted by Gasteiger charge is -2.11. The van der Waals surface area contributed by atoms with Gasteiger partial charge in [-0.1, -0.05) is 11.6 Å². The number of halogens is 2. The van der Waals surface area contributed by atoms with Crippen molar-refractivity contribution in [3.63, 3.8) is 0 Å². The molecule has 2 aromatic rings. The lowest BCUT2D eigenvalue weighted by molar-refractivity contribution is 0.0696. The standard InChI is InChI=1S/C13H11ClINO2/c1-7-5-10(13(17)18)8(2)16(7)12-4-3-9(15)6-11(12)14/h3-6H,1-2H3,(H,17,18). The van der Waals surface area contributed by atoms with E-state index in [4.69, 9.17) is 16.7 Å². The van der Waals surface area contributed by atoms with E-state index in [1.165, 1.54) is 0 Å². The monoisotopic (exact) mass is 375 g/mol. The minimum Gasteiger partial charge on any atom is -0.478 e. The molecule has 0 aliphatic carbocycles. The molecule has 3 nitrogen and oxygen atoms in total. The molecule has 0 aliphatic rings. The molecule has 5 heteroatoms. The highest BCUT2D eigenvalue weighted by Gasteiger charge is 2.17. The molecule has 0 aliphatic heterocycles. The number of hydrogen-bond donors (Lipinski definition) is 1. The van der Waals surface area contributed by atoms with Crippen LogP contribution in [0.4, 0.5) is 0 Å². The van der Waals surface area contributed by atoms with Gasteiger partial charge in [-0.15, -0.1) is 0 Å². The predicted molar refractivity (Wildman–Crippen MR) is 79.9 cm³/mol. The first-order valence-corrected chi connectivity index (χ1v) is 6.75. The SMILES string of the molecule is Cc1cc(C(=O)O)c(C)n1-c1ccc(I)cc1Cl. The molecule has 0 bridgehead atoms. The average Bonchev–Trinajstić information content (AvgIpc) is 2.56. The van der Waals surface area contributed by atoms with Gasteiger partial charge in [-0.2, -0.15) is 0 Å². The largest absolute Gasteiger partial charge is 0.478 e. The van der Waals surface area contributed by atoms with Crippen LogP contribution in [0, 0.1) is 17.4 Å². The van der Waals surface area contributed by atoms with E-state index in [1.807, 2.05) is 29.7 Å². The van der Waals surface area contributed by atoms with Gasteiger partial charge in [0.05, 0.1) is 16.3 Å². The molecule has 0 saturated carbocycles. The van der Waals surface area contributed by atoms with Gasteiger partial charge in [0.1, 0.15) is 0 Å². The predicted octanol–water partition coefficient (Wildman–Crippen LogP) is 4.05. The van der Waals surface area contributed by atoms with Crippen molar-refractivity contribution in [1.82, 2.24) is 4.57 Å². The van der Waals surface area contributed by atoms with Gasteiger partial charge in [0, 0.05) is 15.0 Å². The summed E-state index contributed by atoms with van der Waals surface area (Å²) in [5.41, 5.74) is 2.65. The third-order valence-electron chi connectivity index (χ3n) is 2.81. The third kappa shape index (κ3) is 2.27. The Morgan fingerprint density at radius 3 is 2.50 bits per heavy atom. The van der Waals surface area contributed by atoms with Crippen LogP contribution in [0.15, 0.2) is 24.3 Å². The second-order valence-corrected chi connectivity index (χ2v) is 5.67. The van der Waals surface area contributed by atoms with Crippen LogP contribution in [0.2, 0.25) is 5.02 Å². The van der Waals surface area contributed by atoms with Crippen LogP contribution in [-0.4, -0.2) is 15.6 Å². The second kappa shape index (κ2) is 4.93. The highest BCUT2D eigenvalue weighted by atomic mass is 127. The molecule has 94 valence electrons. The van der Waals surface area contributed by atoms with Crippen molar-refractivity contribution in [3.05, 3.63) is 49.8 Å². The summed E-state index contributed by atoms with van der Waals surface area (Å²) >= 11 is 8.41. The number of hydrogen-bond acceptors (Lipinski definition) is 1. The highest BCUT2D eigenvalue weighted by Crippen LogP contribution is 2.27. The van der Waals surface area contributed by atoms with Gasteiger partial charge in [0.15, 0.2) is 0 Å². The van der Waals surface area contributed by atoms with E-state index in [-0.39, 0.29) is 0 Å². The van der Waals surface area contributed by atoms with Gasteiger partial charge in [-0.05, 0) is 60.7 Å². The Morgan fingerprint density at radius 1 is 1.33 bits per heavy atom. The molecule has 0 saturated heterocycles. The lowest BCUT2D eigenvalue weighted by Crippen LogP contribution is -2.03. The van der Waals surface area contributed by atoms with Crippen LogP contribution in [0.5, 0.6) is 0 Å². The average molecular weight is 376 g/mol. The molecule has 1 N–H and O–H groups in total. The number of carboxylic acid groups (broad SMARTS) is 1. The van der Waals surface area contributed by atoms with Gasteiger partial charge >= 0.3 is 5.97 Å². The number of carbonyl (C=O) groups is 1. The minimum atomic E-state index is -0.920. The fourth-order valence-corrected chi connectivity index (χ4v) is 2.95. The molecule has 0 spiro atoms. The Labute approximate surface area is 124 Å². The summed E-state index contributed by atoms with van der Waals surface area (Å²) in [6, 6.07) is 7.36. The summed E-state index contributed by atoms with van der Waals surface area (Å²) in [5.74, 6) is -0.920. The maximum Gasteiger partial charge on any atom is 0.337 e. The number of aromatic carboxylic acids is 1. The Morgan fingerprint density at radius 2 is 2.00 bits per heavy atom. The van der Waals surface area contributed by atoms with Gasteiger partial charge in [0.2, 0.25) is 0 Å². The number of aromatic nitrogens is 1. The molecule has 0 fully saturated rings. The Bertz CT molecular complexity index is 634. The molecule has 1 aromatic carbocycles. The van der Waals surface area contributed by atoms with Crippen molar-refractivity contribution in [3.8, 4) is 5.69 Å². The van der Waals surface area contributed by atoms with E-state index in [9.17, 15) is 4.79 Å². The van der Waals surface area contributed by atoms with Crippen LogP contribution in [-0.2, 0) is 0 Å². The van der Waals surface area contributed by atoms with Crippen molar-refractivity contribution >= 4 is 40.2 Å². The van der Waals surface area contributed by atoms with Crippen molar-refractivity contribution in [2.24, 2.45) is 0 Å². The smallest absolute Gasteiger partial charge is 0.337 e. The minimum absolute atomic E-state index is 0.308. The number of aryl methyl sites for hydroxylation is 1. The van der Waals surface area contributed by atoms with E-state index >= 15 is 0 Å². The van der Waals surface area contributed by atoms with E-state index in [0.29, 0.717) is 16.3 Å². The van der Waals surface area contributed by atoms with E-state index in [2.05, 4.69) is 22.6 Å². The number of carboxylic acids is 1. The third-order valence-corrected chi connectivity index (χ3v) is 3.79. The van der Waals surface area contributed by atoms with Crippen molar-refractivity contribution in [1.29, 1.82) is 0 Å². The zero-order chi connectivity index (χ0) is 13.4. The summed E-state index contributed by atoms with van der Waals surface area (Å²) in [6.45, 7) is 3.65. The van der Waals surface area contributed by atoms with E-state index in [1.54, 1.807) is 13.0 Å². The summed E-state index contributed by atoms with van der Waals surface area (Å²) in [5, 5.41) is 9.73. The highest BCUT2D eigenvalue weighted by molar-refractivity contribution is 14.1. The molecular weight excluding hydrogens is 365 g/mol. The number of nitrogens with zero attached hydrogens (tertiary/aromatic N) is 1. The molecular formula is C13H11ClINO2. The molecule has 0 atom stereocenters. The summed E-state index contributed by atoms with van der Waals surface area (Å²) in [7, 11) is 0. The number of benzene rings is 1. The van der Waals surface area contributed by atoms with Crippen LogP contribution in [0.3, 0.4) is 0 Å². The summed E-state index contributed by atoms with van der Waals surface area (Å²) < 4.78 is 2.91. The molecule has 18 heavy (non-hydrogen) atoms. The van der Waals surface area contributed by atoms with Gasteiger partial charge < -0.3 is 9.67 Å². The normalized spacial score (nSPS) is 10.7. The maximum absolute atomic E-state index is 11.1. The van der Waals surface area contributed by atoms with Crippen LogP contribution >= 0.6 is 34.2 Å². The zero-order valence-electron chi connectivity index (χ0n) is 9.87. The quantitative estimate of drug-likeness (QED) is 0.805. The second-order valence-electron chi connectivity index (χ2n) is 4.02. The van der Waals surface area contributed by atoms with Crippen LogP contribution in [0.1, 0.15) is 21.7 Å². The summed E-state index contributed by atoms with van der Waals surface area (Å²) in [6.07, 6.45) is 0. The number of rotatable bonds is 2. The van der Waals surface area contributed by atoms with E-state index in [0.717, 1.165) is 15.0 Å². The summed E-state index contributed by atoms with van der Waals surface area (Å²) in [4.78, 5) is 11.1. The van der Waals surface area contributed by atoms with E-state index < -0.39 is 5.97 Å². The van der Waals surface area contributed by atoms with Crippen LogP contribution < -0.4 is 0 Å². The first-order chi connectivity index (χ1) is 8.41. The van der Waals surface area contributed by atoms with Crippen molar-refractivity contribution < 1.29 is 9.90 Å². The molecule has 1 heterocycles. The zero-order valence-corrected chi connectivity index (χ0v) is 12.8. The molecule has 0 unspecified atom stereocenters. The Hall–Kier alpha value is -1.01. The van der Waals surface area contributed by atoms with Crippen LogP contribution in [0.25, 0.3) is 5.69 Å². The van der Waals surface area contributed by atoms with Gasteiger partial charge in [0.25, 0.3) is 0 Å².